The number of benzene rings is 1. The van der Waals surface area contributed by atoms with Crippen molar-refractivity contribution in [2.45, 2.75) is 39.3 Å². The molecule has 2 aromatic heterocycles. The smallest absolute Gasteiger partial charge is 0.253 e. The summed E-state index contributed by atoms with van der Waals surface area (Å²) in [5.41, 5.74) is 3.36. The van der Waals surface area contributed by atoms with Crippen molar-refractivity contribution in [1.29, 1.82) is 0 Å². The number of hydrogen-bond donors (Lipinski definition) is 2. The van der Waals surface area contributed by atoms with Crippen LogP contribution in [0.1, 0.15) is 46.3 Å². The number of nitrogens with zero attached hydrogens (tertiary/aromatic N) is 3. The third-order valence-electron chi connectivity index (χ3n) is 4.50. The molecule has 0 bridgehead atoms. The van der Waals surface area contributed by atoms with Crippen molar-refractivity contribution >= 4 is 29.0 Å². The number of fused-ring (bicyclic) bond motifs is 1. The van der Waals surface area contributed by atoms with Gasteiger partial charge in [0.25, 0.3) is 5.91 Å². The van der Waals surface area contributed by atoms with E-state index in [9.17, 15) is 4.79 Å². The lowest BCUT2D eigenvalue weighted by Crippen LogP contribution is -2.25. The molecular weight excluding hydrogens is 334 g/mol. The van der Waals surface area contributed by atoms with E-state index in [4.69, 9.17) is 12.2 Å². The number of nitrogens with one attached hydrogen (secondary N) is 2. The summed E-state index contributed by atoms with van der Waals surface area (Å²) in [6.45, 7) is 4.23. The molecule has 0 spiro atoms. The van der Waals surface area contributed by atoms with Gasteiger partial charge in [-0.15, -0.1) is 0 Å². The average Bonchev–Trinajstić information content (AvgIpc) is 3.35. The van der Waals surface area contributed by atoms with Crippen molar-refractivity contribution in [3.05, 3.63) is 51.7 Å². The van der Waals surface area contributed by atoms with E-state index in [1.807, 2.05) is 42.7 Å². The number of aromatic amines is 1. The van der Waals surface area contributed by atoms with E-state index in [-0.39, 0.29) is 5.91 Å². The van der Waals surface area contributed by atoms with Gasteiger partial charge in [0.05, 0.1) is 23.3 Å². The first-order valence-corrected chi connectivity index (χ1v) is 8.76. The molecular formula is C18H19N5OS. The Morgan fingerprint density at radius 3 is 2.92 bits per heavy atom. The second kappa shape index (κ2) is 6.07. The van der Waals surface area contributed by atoms with Crippen LogP contribution in [-0.4, -0.2) is 25.7 Å². The Kier molecular flexibility index (Phi) is 3.88. The Morgan fingerprint density at radius 2 is 2.16 bits per heavy atom. The standard InChI is InChI=1S/C18H19N5OS/c1-10-3-4-12-8-14(11(2)20-15(12)7-10)17(24)19-9-16-21-22-18(25)23(16)13-5-6-13/h3-4,7-8,13H,5-6,9H2,1-2H3,(H,19,24)(H,22,25). The van der Waals surface area contributed by atoms with Gasteiger partial charge in [-0.2, -0.15) is 5.10 Å². The van der Waals surface area contributed by atoms with Crippen LogP contribution in [0.5, 0.6) is 0 Å². The first-order chi connectivity index (χ1) is 12.0. The van der Waals surface area contributed by atoms with Crippen molar-refractivity contribution in [1.82, 2.24) is 25.1 Å². The van der Waals surface area contributed by atoms with E-state index < -0.39 is 0 Å². The zero-order valence-electron chi connectivity index (χ0n) is 14.2. The first kappa shape index (κ1) is 16.0. The number of rotatable bonds is 4. The van der Waals surface area contributed by atoms with Gasteiger partial charge in [-0.25, -0.2) is 0 Å². The maximum absolute atomic E-state index is 12.6. The van der Waals surface area contributed by atoms with E-state index in [0.717, 1.165) is 40.8 Å². The Bertz CT molecular complexity index is 1030. The SMILES string of the molecule is Cc1ccc2cc(C(=O)NCc3n[nH]c(=S)n3C3CC3)c(C)nc2c1. The third kappa shape index (κ3) is 3.07. The number of amides is 1. The summed E-state index contributed by atoms with van der Waals surface area (Å²) in [4.78, 5) is 17.2. The summed E-state index contributed by atoms with van der Waals surface area (Å²) in [5, 5.41) is 11.0. The van der Waals surface area contributed by atoms with Crippen LogP contribution < -0.4 is 5.32 Å². The first-order valence-electron chi connectivity index (χ1n) is 8.35. The number of aromatic nitrogens is 4. The molecule has 1 amide bonds. The molecule has 1 aromatic carbocycles. The molecule has 25 heavy (non-hydrogen) atoms. The fourth-order valence-corrected chi connectivity index (χ4v) is 3.33. The minimum atomic E-state index is -0.149. The van der Waals surface area contributed by atoms with Gasteiger partial charge in [0.1, 0.15) is 0 Å². The molecule has 0 radical (unpaired) electrons. The van der Waals surface area contributed by atoms with Crippen LogP contribution in [0.25, 0.3) is 10.9 Å². The largest absolute Gasteiger partial charge is 0.345 e. The lowest BCUT2D eigenvalue weighted by Gasteiger charge is -2.10. The predicted molar refractivity (Wildman–Crippen MR) is 98.1 cm³/mol. The molecule has 1 aliphatic carbocycles. The molecule has 4 rings (SSSR count). The summed E-state index contributed by atoms with van der Waals surface area (Å²) < 4.78 is 2.62. The van der Waals surface area contributed by atoms with Crippen LogP contribution in [0.4, 0.5) is 0 Å². The zero-order valence-corrected chi connectivity index (χ0v) is 15.0. The highest BCUT2D eigenvalue weighted by molar-refractivity contribution is 7.71. The van der Waals surface area contributed by atoms with Crippen LogP contribution in [0, 0.1) is 18.6 Å². The van der Waals surface area contributed by atoms with Gasteiger partial charge < -0.3 is 5.32 Å². The molecule has 6 nitrogen and oxygen atoms in total. The highest BCUT2D eigenvalue weighted by atomic mass is 32.1. The molecule has 128 valence electrons. The molecule has 0 unspecified atom stereocenters. The van der Waals surface area contributed by atoms with E-state index in [1.165, 1.54) is 0 Å². The minimum absolute atomic E-state index is 0.149. The Morgan fingerprint density at radius 1 is 1.36 bits per heavy atom. The van der Waals surface area contributed by atoms with Gasteiger partial charge in [-0.3, -0.25) is 19.4 Å². The van der Waals surface area contributed by atoms with Gasteiger partial charge in [-0.1, -0.05) is 12.1 Å². The molecule has 0 aliphatic heterocycles. The maximum Gasteiger partial charge on any atom is 0.253 e. The van der Waals surface area contributed by atoms with Gasteiger partial charge in [-0.05, 0) is 56.6 Å². The van der Waals surface area contributed by atoms with Crippen LogP contribution >= 0.6 is 12.2 Å². The van der Waals surface area contributed by atoms with Crippen LogP contribution in [0.15, 0.2) is 24.3 Å². The van der Waals surface area contributed by atoms with Gasteiger partial charge >= 0.3 is 0 Å². The number of carbonyl (C=O) groups excluding carboxylic acids is 1. The number of carbonyl (C=O) groups is 1. The highest BCUT2D eigenvalue weighted by Crippen LogP contribution is 2.35. The summed E-state index contributed by atoms with van der Waals surface area (Å²) >= 11 is 5.27. The van der Waals surface area contributed by atoms with Crippen LogP contribution in [-0.2, 0) is 6.54 Å². The van der Waals surface area contributed by atoms with Crippen LogP contribution in [0.3, 0.4) is 0 Å². The zero-order chi connectivity index (χ0) is 17.6. The Labute approximate surface area is 150 Å². The molecule has 0 saturated heterocycles. The van der Waals surface area contributed by atoms with Crippen LogP contribution in [0.2, 0.25) is 0 Å². The molecule has 3 aromatic rings. The predicted octanol–water partition coefficient (Wildman–Crippen LogP) is 3.37. The maximum atomic E-state index is 12.6. The molecule has 1 saturated carbocycles. The van der Waals surface area contributed by atoms with E-state index >= 15 is 0 Å². The monoisotopic (exact) mass is 353 g/mol. The molecule has 1 fully saturated rings. The lowest BCUT2D eigenvalue weighted by atomic mass is 10.1. The molecule has 0 atom stereocenters. The van der Waals surface area contributed by atoms with Crippen molar-refractivity contribution in [3.8, 4) is 0 Å². The van der Waals surface area contributed by atoms with E-state index in [0.29, 0.717) is 22.9 Å². The highest BCUT2D eigenvalue weighted by Gasteiger charge is 2.27. The normalized spacial score (nSPS) is 14.0. The second-order valence-electron chi connectivity index (χ2n) is 6.55. The summed E-state index contributed by atoms with van der Waals surface area (Å²) in [5.74, 6) is 0.617. The van der Waals surface area contributed by atoms with Gasteiger partial charge in [0.2, 0.25) is 0 Å². The second-order valence-corrected chi connectivity index (χ2v) is 6.93. The van der Waals surface area contributed by atoms with Crippen molar-refractivity contribution in [2.24, 2.45) is 0 Å². The summed E-state index contributed by atoms with van der Waals surface area (Å²) in [6, 6.07) is 8.35. The van der Waals surface area contributed by atoms with Crippen molar-refractivity contribution in [3.63, 3.8) is 0 Å². The molecule has 7 heteroatoms. The summed E-state index contributed by atoms with van der Waals surface area (Å²) in [7, 11) is 0. The van der Waals surface area contributed by atoms with Crippen molar-refractivity contribution < 1.29 is 4.79 Å². The number of hydrogen-bond acceptors (Lipinski definition) is 4. The number of pyridine rings is 1. The van der Waals surface area contributed by atoms with E-state index in [2.05, 4.69) is 20.5 Å². The van der Waals surface area contributed by atoms with Gasteiger partial charge in [0.15, 0.2) is 10.6 Å². The Hall–Kier alpha value is -2.54. The molecule has 2 N–H and O–H groups in total. The molecule has 1 aliphatic rings. The number of H-pyrrole nitrogens is 1. The Balaban J connectivity index is 1.57. The minimum Gasteiger partial charge on any atom is -0.345 e. The molecule has 2 heterocycles. The number of aryl methyl sites for hydroxylation is 2. The topological polar surface area (TPSA) is 75.6 Å². The third-order valence-corrected chi connectivity index (χ3v) is 4.79. The van der Waals surface area contributed by atoms with Crippen molar-refractivity contribution in [2.75, 3.05) is 0 Å². The van der Waals surface area contributed by atoms with E-state index in [1.54, 1.807) is 0 Å². The average molecular weight is 353 g/mol. The quantitative estimate of drug-likeness (QED) is 0.705. The fourth-order valence-electron chi connectivity index (χ4n) is 3.03. The van der Waals surface area contributed by atoms with Gasteiger partial charge in [0, 0.05) is 11.4 Å². The fraction of sp³-hybridized carbons (Fsp3) is 0.333. The summed E-state index contributed by atoms with van der Waals surface area (Å²) in [6.07, 6.45) is 2.23. The lowest BCUT2D eigenvalue weighted by molar-refractivity contribution is 0.0948.